The Morgan fingerprint density at radius 2 is 1.69 bits per heavy atom. The molecule has 1 atom stereocenters. The zero-order valence-corrected chi connectivity index (χ0v) is 15.9. The van der Waals surface area contributed by atoms with E-state index in [9.17, 15) is 18.8 Å². The molecule has 2 aromatic rings. The van der Waals surface area contributed by atoms with Crippen LogP contribution in [0.15, 0.2) is 48.5 Å². The van der Waals surface area contributed by atoms with E-state index in [1.807, 2.05) is 6.07 Å². The molecule has 0 saturated carbocycles. The Morgan fingerprint density at radius 1 is 1.03 bits per heavy atom. The van der Waals surface area contributed by atoms with E-state index in [1.54, 1.807) is 36.4 Å². The van der Waals surface area contributed by atoms with E-state index in [-0.39, 0.29) is 24.3 Å². The average Bonchev–Trinajstić information content (AvgIpc) is 2.95. The summed E-state index contributed by atoms with van der Waals surface area (Å²) in [5, 5.41) is 2.92. The topological polar surface area (TPSA) is 69.7 Å². The molecule has 0 aliphatic carbocycles. The van der Waals surface area contributed by atoms with Gasteiger partial charge in [-0.2, -0.15) is 0 Å². The number of likely N-dealkylation sites (tertiary alicyclic amines) is 1. The number of rotatable bonds is 5. The van der Waals surface area contributed by atoms with Gasteiger partial charge in [0.15, 0.2) is 0 Å². The molecule has 0 bridgehead atoms. The second-order valence-corrected chi connectivity index (χ2v) is 7.48. The first kappa shape index (κ1) is 19.3. The van der Waals surface area contributed by atoms with Gasteiger partial charge in [-0.1, -0.05) is 30.3 Å². The Hall–Kier alpha value is -3.06. The van der Waals surface area contributed by atoms with Gasteiger partial charge in [-0.25, -0.2) is 4.39 Å². The molecule has 1 saturated heterocycles. The minimum atomic E-state index is -0.439. The van der Waals surface area contributed by atoms with Crippen LogP contribution in [0.3, 0.4) is 0 Å². The van der Waals surface area contributed by atoms with Gasteiger partial charge in [0.1, 0.15) is 12.4 Å². The normalized spacial score (nSPS) is 19.3. The lowest BCUT2D eigenvalue weighted by atomic mass is 10.0. The predicted octanol–water partition coefficient (Wildman–Crippen LogP) is 2.20. The molecule has 150 valence electrons. The molecule has 0 radical (unpaired) electrons. The van der Waals surface area contributed by atoms with Crippen LogP contribution in [-0.4, -0.2) is 53.2 Å². The summed E-state index contributed by atoms with van der Waals surface area (Å²) < 4.78 is 13.9. The van der Waals surface area contributed by atoms with Crippen molar-refractivity contribution in [2.75, 3.05) is 19.6 Å². The number of amides is 3. The van der Waals surface area contributed by atoms with E-state index in [1.165, 1.54) is 6.07 Å². The van der Waals surface area contributed by atoms with Crippen LogP contribution in [0.1, 0.15) is 39.1 Å². The third-order valence-electron chi connectivity index (χ3n) is 5.40. The number of carbonyl (C=O) groups is 3. The van der Waals surface area contributed by atoms with E-state index in [0.717, 1.165) is 24.3 Å². The van der Waals surface area contributed by atoms with Crippen LogP contribution in [0.25, 0.3) is 0 Å². The summed E-state index contributed by atoms with van der Waals surface area (Å²) >= 11 is 0. The number of carbonyl (C=O) groups excluding carboxylic acids is 3. The second-order valence-electron chi connectivity index (χ2n) is 7.48. The summed E-state index contributed by atoms with van der Waals surface area (Å²) in [7, 11) is 0. The number of hydrogen-bond donors (Lipinski definition) is 1. The number of hydrogen-bond acceptors (Lipinski definition) is 4. The number of nitrogens with zero attached hydrogens (tertiary/aromatic N) is 2. The van der Waals surface area contributed by atoms with Crippen molar-refractivity contribution in [2.24, 2.45) is 0 Å². The maximum absolute atomic E-state index is 13.9. The highest BCUT2D eigenvalue weighted by Crippen LogP contribution is 2.22. The highest BCUT2D eigenvalue weighted by Gasteiger charge is 2.36. The lowest BCUT2D eigenvalue weighted by Crippen LogP contribution is -2.50. The van der Waals surface area contributed by atoms with Crippen molar-refractivity contribution in [1.29, 1.82) is 0 Å². The van der Waals surface area contributed by atoms with Gasteiger partial charge in [-0.05, 0) is 37.6 Å². The van der Waals surface area contributed by atoms with Gasteiger partial charge >= 0.3 is 0 Å². The van der Waals surface area contributed by atoms with Crippen molar-refractivity contribution in [3.8, 4) is 0 Å². The van der Waals surface area contributed by atoms with E-state index >= 15 is 0 Å². The Bertz CT molecular complexity index is 927. The summed E-state index contributed by atoms with van der Waals surface area (Å²) in [6, 6.07) is 13.2. The van der Waals surface area contributed by atoms with Crippen molar-refractivity contribution < 1.29 is 18.8 Å². The van der Waals surface area contributed by atoms with Crippen LogP contribution in [0.4, 0.5) is 4.39 Å². The lowest BCUT2D eigenvalue weighted by molar-refractivity contribution is -0.122. The first-order valence-electron chi connectivity index (χ1n) is 9.73. The number of nitrogens with one attached hydrogen (secondary N) is 1. The van der Waals surface area contributed by atoms with E-state index < -0.39 is 11.8 Å². The molecule has 2 aliphatic heterocycles. The smallest absolute Gasteiger partial charge is 0.262 e. The van der Waals surface area contributed by atoms with Crippen molar-refractivity contribution in [3.05, 3.63) is 71.0 Å². The lowest BCUT2D eigenvalue weighted by Gasteiger charge is -2.33. The van der Waals surface area contributed by atoms with Crippen molar-refractivity contribution in [1.82, 2.24) is 15.1 Å². The van der Waals surface area contributed by atoms with Crippen LogP contribution in [0.2, 0.25) is 0 Å². The maximum atomic E-state index is 13.9. The highest BCUT2D eigenvalue weighted by atomic mass is 19.1. The van der Waals surface area contributed by atoms with Crippen molar-refractivity contribution >= 4 is 17.7 Å². The largest absolute Gasteiger partial charge is 0.351 e. The Morgan fingerprint density at radius 3 is 2.38 bits per heavy atom. The summed E-state index contributed by atoms with van der Waals surface area (Å²) in [5.41, 5.74) is 1.29. The first-order chi connectivity index (χ1) is 14.0. The van der Waals surface area contributed by atoms with Gasteiger partial charge in [-0.15, -0.1) is 0 Å². The number of benzene rings is 2. The summed E-state index contributed by atoms with van der Waals surface area (Å²) in [5.74, 6) is -1.47. The molecule has 2 heterocycles. The fourth-order valence-electron chi connectivity index (χ4n) is 3.98. The zero-order chi connectivity index (χ0) is 20.4. The molecule has 29 heavy (non-hydrogen) atoms. The van der Waals surface area contributed by atoms with E-state index in [0.29, 0.717) is 29.8 Å². The van der Waals surface area contributed by atoms with Gasteiger partial charge in [0.2, 0.25) is 5.91 Å². The molecule has 0 unspecified atom stereocenters. The number of imide groups is 1. The van der Waals surface area contributed by atoms with E-state index in [2.05, 4.69) is 10.2 Å². The Labute approximate surface area is 168 Å². The van der Waals surface area contributed by atoms with Crippen LogP contribution < -0.4 is 5.32 Å². The summed E-state index contributed by atoms with van der Waals surface area (Å²) in [6.45, 7) is 1.62. The molecule has 1 fully saturated rings. The Balaban J connectivity index is 1.34. The second kappa shape index (κ2) is 8.13. The molecule has 1 N–H and O–H groups in total. The molecule has 3 amide bonds. The number of halogens is 1. The Kier molecular flexibility index (Phi) is 5.40. The predicted molar refractivity (Wildman–Crippen MR) is 105 cm³/mol. The van der Waals surface area contributed by atoms with Crippen LogP contribution in [-0.2, 0) is 11.3 Å². The molecule has 6 nitrogen and oxygen atoms in total. The van der Waals surface area contributed by atoms with Gasteiger partial charge in [-0.3, -0.25) is 24.2 Å². The SMILES string of the molecule is O=C(CN1C(=O)c2ccccc2C1=O)N[C@@H]1CCCN(Cc2ccccc2F)C1. The third kappa shape index (κ3) is 4.05. The maximum Gasteiger partial charge on any atom is 0.262 e. The van der Waals surface area contributed by atoms with Gasteiger partial charge in [0, 0.05) is 24.7 Å². The quantitative estimate of drug-likeness (QED) is 0.788. The zero-order valence-electron chi connectivity index (χ0n) is 15.9. The molecule has 0 spiro atoms. The summed E-state index contributed by atoms with van der Waals surface area (Å²) in [4.78, 5) is 40.4. The minimum absolute atomic E-state index is 0.0989. The molecular formula is C22H22FN3O3. The first-order valence-corrected chi connectivity index (χ1v) is 9.73. The molecule has 0 aromatic heterocycles. The molecule has 4 rings (SSSR count). The standard InChI is InChI=1S/C22H22FN3O3/c23-19-10-4-1-6-15(19)12-25-11-5-7-16(13-25)24-20(27)14-26-21(28)17-8-2-3-9-18(17)22(26)29/h1-4,6,8-10,16H,5,7,11-14H2,(H,24,27)/t16-/m1/s1. The molecular weight excluding hydrogens is 373 g/mol. The average molecular weight is 395 g/mol. The number of fused-ring (bicyclic) bond motifs is 1. The van der Waals surface area contributed by atoms with Crippen molar-refractivity contribution in [3.63, 3.8) is 0 Å². The fraction of sp³-hybridized carbons (Fsp3) is 0.318. The van der Waals surface area contributed by atoms with Gasteiger partial charge in [0.05, 0.1) is 11.1 Å². The summed E-state index contributed by atoms with van der Waals surface area (Å²) in [6.07, 6.45) is 1.69. The van der Waals surface area contributed by atoms with Crippen LogP contribution in [0.5, 0.6) is 0 Å². The minimum Gasteiger partial charge on any atom is -0.351 e. The highest BCUT2D eigenvalue weighted by molar-refractivity contribution is 6.22. The molecule has 2 aliphatic rings. The molecule has 2 aromatic carbocycles. The fourth-order valence-corrected chi connectivity index (χ4v) is 3.98. The monoisotopic (exact) mass is 395 g/mol. The van der Waals surface area contributed by atoms with Gasteiger partial charge in [0.25, 0.3) is 11.8 Å². The van der Waals surface area contributed by atoms with Gasteiger partial charge < -0.3 is 5.32 Å². The van der Waals surface area contributed by atoms with Crippen molar-refractivity contribution in [2.45, 2.75) is 25.4 Å². The van der Waals surface area contributed by atoms with Crippen LogP contribution >= 0.6 is 0 Å². The van der Waals surface area contributed by atoms with Crippen LogP contribution in [0, 0.1) is 5.82 Å². The third-order valence-corrected chi connectivity index (χ3v) is 5.40. The molecule has 7 heteroatoms. The van der Waals surface area contributed by atoms with E-state index in [4.69, 9.17) is 0 Å². The number of piperidine rings is 1.